The van der Waals surface area contributed by atoms with Crippen LogP contribution in [-0.4, -0.2) is 43.5 Å². The molecule has 36 heavy (non-hydrogen) atoms. The molecular formula is C30H40N6+2. The zero-order valence-electron chi connectivity index (χ0n) is 21.6. The fourth-order valence-corrected chi connectivity index (χ4v) is 6.00. The number of aryl methyl sites for hydroxylation is 1. The number of aromatic nitrogens is 1. The van der Waals surface area contributed by atoms with Gasteiger partial charge in [0.15, 0.2) is 12.8 Å². The van der Waals surface area contributed by atoms with Gasteiger partial charge < -0.3 is 11.5 Å². The first-order valence-electron chi connectivity index (χ1n) is 13.4. The van der Waals surface area contributed by atoms with Gasteiger partial charge in [-0.15, -0.1) is 0 Å². The molecule has 5 rings (SSSR count). The van der Waals surface area contributed by atoms with Gasteiger partial charge in [0, 0.05) is 41.5 Å². The summed E-state index contributed by atoms with van der Waals surface area (Å²) < 4.78 is 3.51. The van der Waals surface area contributed by atoms with Crippen molar-refractivity contribution >= 4 is 33.1 Å². The summed E-state index contributed by atoms with van der Waals surface area (Å²) >= 11 is 0. The zero-order valence-corrected chi connectivity index (χ0v) is 21.6. The lowest BCUT2D eigenvalue weighted by atomic mass is 9.98. The summed E-state index contributed by atoms with van der Waals surface area (Å²) in [6.45, 7) is 11.0. The number of quaternary nitrogens is 1. The van der Waals surface area contributed by atoms with E-state index in [0.29, 0.717) is 6.29 Å². The molecule has 0 spiro atoms. The highest BCUT2D eigenvalue weighted by Crippen LogP contribution is 2.33. The van der Waals surface area contributed by atoms with Crippen molar-refractivity contribution in [1.29, 1.82) is 0 Å². The number of pyridine rings is 1. The Hall–Kier alpha value is -3.19. The number of fused-ring (bicyclic) bond motifs is 3. The van der Waals surface area contributed by atoms with Gasteiger partial charge in [-0.25, -0.2) is 0 Å². The number of nitrogens with one attached hydrogen (secondary N) is 2. The van der Waals surface area contributed by atoms with Gasteiger partial charge >= 0.3 is 0 Å². The number of hydrogen-bond donors (Lipinski definition) is 4. The molecule has 1 aliphatic rings. The third kappa shape index (κ3) is 4.52. The maximum absolute atomic E-state index is 6.34. The maximum atomic E-state index is 6.34. The van der Waals surface area contributed by atoms with E-state index >= 15 is 0 Å². The van der Waals surface area contributed by atoms with Crippen molar-refractivity contribution in [2.75, 3.05) is 44.2 Å². The van der Waals surface area contributed by atoms with E-state index in [1.54, 1.807) is 0 Å². The quantitative estimate of drug-likeness (QED) is 0.131. The fraction of sp³-hybridized carbons (Fsp3) is 0.367. The molecule has 1 fully saturated rings. The van der Waals surface area contributed by atoms with E-state index in [4.69, 9.17) is 11.5 Å². The van der Waals surface area contributed by atoms with Crippen LogP contribution in [0.15, 0.2) is 66.7 Å². The topological polar surface area (TPSA) is 80.0 Å². The summed E-state index contributed by atoms with van der Waals surface area (Å²) in [7, 11) is 0. The minimum atomic E-state index is 0.316. The van der Waals surface area contributed by atoms with Crippen molar-refractivity contribution in [1.82, 2.24) is 10.6 Å². The first-order chi connectivity index (χ1) is 17.6. The Kier molecular flexibility index (Phi) is 7.10. The lowest BCUT2D eigenvalue weighted by molar-refractivity contribution is -0.956. The highest BCUT2D eigenvalue weighted by Gasteiger charge is 2.35. The molecule has 0 atom stereocenters. The number of nitrogens with two attached hydrogens (primary N) is 2. The lowest BCUT2D eigenvalue weighted by Crippen LogP contribution is -2.69. The minimum Gasteiger partial charge on any atom is -0.399 e. The van der Waals surface area contributed by atoms with Crippen LogP contribution in [-0.2, 0) is 6.54 Å². The summed E-state index contributed by atoms with van der Waals surface area (Å²) in [5.74, 6) is 0. The zero-order chi connectivity index (χ0) is 25.1. The predicted octanol–water partition coefficient (Wildman–Crippen LogP) is 4.23. The van der Waals surface area contributed by atoms with Crippen LogP contribution in [0.4, 0.5) is 11.4 Å². The standard InChI is InChI=1S/C30H39N6/c1-3-36(4-2,30-33-16-8-17-34-30)19-9-18-35-28-21-24(32)13-15-26(28)25-14-12-23(31)20-27(25)29(35)22-10-6-5-7-11-22/h5-7,10-15,20-21,30,32-34H,3-4,8-9,16-19,31H2,1-2H3/q+1/p+1. The molecule has 0 radical (unpaired) electrons. The van der Waals surface area contributed by atoms with E-state index in [1.165, 1.54) is 39.4 Å². The monoisotopic (exact) mass is 484 g/mol. The van der Waals surface area contributed by atoms with E-state index in [2.05, 4.69) is 83.6 Å². The van der Waals surface area contributed by atoms with Crippen LogP contribution < -0.4 is 26.7 Å². The Morgan fingerprint density at radius 2 is 1.50 bits per heavy atom. The average Bonchev–Trinajstić information content (AvgIpc) is 2.92. The van der Waals surface area contributed by atoms with Crippen molar-refractivity contribution in [3.8, 4) is 11.3 Å². The van der Waals surface area contributed by atoms with E-state index in [0.717, 1.165) is 61.5 Å². The molecular weight excluding hydrogens is 444 g/mol. The number of hydrogen-bond acceptors (Lipinski definition) is 4. The summed E-state index contributed by atoms with van der Waals surface area (Å²) in [6, 6.07) is 23.2. The fourth-order valence-electron chi connectivity index (χ4n) is 6.00. The summed E-state index contributed by atoms with van der Waals surface area (Å²) in [5, 5.41) is 11.1. The molecule has 0 amide bonds. The maximum Gasteiger partial charge on any atom is 0.220 e. The molecule has 188 valence electrons. The Labute approximate surface area is 214 Å². The van der Waals surface area contributed by atoms with Crippen LogP contribution >= 0.6 is 0 Å². The van der Waals surface area contributed by atoms with E-state index in [9.17, 15) is 0 Å². The van der Waals surface area contributed by atoms with Crippen molar-refractivity contribution in [3.63, 3.8) is 0 Å². The predicted molar refractivity (Wildman–Crippen MR) is 151 cm³/mol. The van der Waals surface area contributed by atoms with Crippen molar-refractivity contribution < 1.29 is 9.05 Å². The normalized spacial score (nSPS) is 15.1. The molecule has 1 aliphatic heterocycles. The molecule has 6 nitrogen and oxygen atoms in total. The van der Waals surface area contributed by atoms with Gasteiger partial charge in [0.2, 0.25) is 11.2 Å². The number of rotatable bonds is 8. The molecule has 1 aromatic heterocycles. The van der Waals surface area contributed by atoms with Gasteiger partial charge in [-0.2, -0.15) is 4.57 Å². The third-order valence-electron chi connectivity index (χ3n) is 8.04. The molecule has 0 bridgehead atoms. The van der Waals surface area contributed by atoms with Crippen molar-refractivity contribution in [2.45, 2.75) is 39.5 Å². The van der Waals surface area contributed by atoms with Gasteiger partial charge in [0.05, 0.1) is 36.8 Å². The Balaban J connectivity index is 1.62. The molecule has 0 aliphatic carbocycles. The average molecular weight is 485 g/mol. The largest absolute Gasteiger partial charge is 0.399 e. The van der Waals surface area contributed by atoms with Crippen molar-refractivity contribution in [3.05, 3.63) is 66.7 Å². The first kappa shape index (κ1) is 24.5. The number of nitrogen functional groups attached to an aromatic ring is 2. The minimum absolute atomic E-state index is 0.316. The van der Waals surface area contributed by atoms with Crippen LogP contribution in [0.1, 0.15) is 26.7 Å². The summed E-state index contributed by atoms with van der Waals surface area (Å²) in [6.07, 6.45) is 2.56. The SMILES string of the molecule is CC[N+](CC)(CCC[n+]1c(-c2ccccc2)c2cc(N)ccc2c2ccc(N)cc21)C1NCCCN1. The molecule has 4 aromatic rings. The Morgan fingerprint density at radius 3 is 2.19 bits per heavy atom. The number of benzene rings is 3. The molecule has 0 unspecified atom stereocenters. The van der Waals surface area contributed by atoms with E-state index in [-0.39, 0.29) is 0 Å². The number of nitrogens with zero attached hydrogens (tertiary/aromatic N) is 2. The highest BCUT2D eigenvalue weighted by molar-refractivity contribution is 6.10. The number of anilines is 2. The van der Waals surface area contributed by atoms with Gasteiger partial charge in [0.25, 0.3) is 0 Å². The van der Waals surface area contributed by atoms with Gasteiger partial charge in [-0.05, 0) is 56.7 Å². The molecule has 0 saturated carbocycles. The first-order valence-corrected chi connectivity index (χ1v) is 13.4. The molecule has 1 saturated heterocycles. The molecule has 2 heterocycles. The summed E-state index contributed by atoms with van der Waals surface area (Å²) in [4.78, 5) is 0. The second-order valence-electron chi connectivity index (χ2n) is 10.0. The lowest BCUT2D eigenvalue weighted by Gasteiger charge is -2.45. The van der Waals surface area contributed by atoms with Crippen LogP contribution in [0.3, 0.4) is 0 Å². The highest BCUT2D eigenvalue weighted by atomic mass is 15.5. The smallest absolute Gasteiger partial charge is 0.220 e. The molecule has 3 aromatic carbocycles. The second-order valence-corrected chi connectivity index (χ2v) is 10.0. The van der Waals surface area contributed by atoms with Crippen LogP contribution in [0.5, 0.6) is 0 Å². The van der Waals surface area contributed by atoms with Crippen LogP contribution in [0.25, 0.3) is 32.9 Å². The van der Waals surface area contributed by atoms with Gasteiger partial charge in [0.1, 0.15) is 0 Å². The van der Waals surface area contributed by atoms with Crippen molar-refractivity contribution in [2.24, 2.45) is 0 Å². The van der Waals surface area contributed by atoms with Gasteiger partial charge in [-0.1, -0.05) is 24.3 Å². The van der Waals surface area contributed by atoms with Crippen LogP contribution in [0, 0.1) is 0 Å². The van der Waals surface area contributed by atoms with Crippen LogP contribution in [0.2, 0.25) is 0 Å². The van der Waals surface area contributed by atoms with E-state index < -0.39 is 0 Å². The molecule has 6 N–H and O–H groups in total. The van der Waals surface area contributed by atoms with Gasteiger partial charge in [-0.3, -0.25) is 15.1 Å². The van der Waals surface area contributed by atoms with E-state index in [1.807, 2.05) is 12.1 Å². The third-order valence-corrected chi connectivity index (χ3v) is 8.04. The molecule has 6 heteroatoms. The summed E-state index contributed by atoms with van der Waals surface area (Å²) in [5.41, 5.74) is 17.8. The Morgan fingerprint density at radius 1 is 0.833 bits per heavy atom. The Bertz CT molecular complexity index is 1340. The second kappa shape index (κ2) is 10.4.